The zero-order valence-electron chi connectivity index (χ0n) is 17.4. The molecule has 0 saturated heterocycles. The Labute approximate surface area is 172 Å². The summed E-state index contributed by atoms with van der Waals surface area (Å²) in [6.07, 6.45) is 0.309. The van der Waals surface area contributed by atoms with Crippen LogP contribution in [-0.2, 0) is 11.2 Å². The summed E-state index contributed by atoms with van der Waals surface area (Å²) in [6, 6.07) is 21.2. The summed E-state index contributed by atoms with van der Waals surface area (Å²) >= 11 is 0. The number of anilines is 1. The molecule has 1 amide bonds. The molecule has 29 heavy (non-hydrogen) atoms. The van der Waals surface area contributed by atoms with Crippen molar-refractivity contribution in [2.75, 3.05) is 12.4 Å². The third-order valence-electron chi connectivity index (χ3n) is 4.68. The zero-order valence-corrected chi connectivity index (χ0v) is 17.4. The highest BCUT2D eigenvalue weighted by atomic mass is 16.5. The van der Waals surface area contributed by atoms with E-state index in [9.17, 15) is 4.79 Å². The van der Waals surface area contributed by atoms with Crippen molar-refractivity contribution < 1.29 is 14.3 Å². The molecule has 0 bridgehead atoms. The van der Waals surface area contributed by atoms with Gasteiger partial charge in [0.15, 0.2) is 0 Å². The summed E-state index contributed by atoms with van der Waals surface area (Å²) in [4.78, 5) is 12.3. The van der Waals surface area contributed by atoms with E-state index in [1.54, 1.807) is 7.11 Å². The van der Waals surface area contributed by atoms with Crippen molar-refractivity contribution in [3.8, 4) is 17.2 Å². The molecule has 0 radical (unpaired) electrons. The second-order valence-electron chi connectivity index (χ2n) is 7.40. The Morgan fingerprint density at radius 3 is 2.21 bits per heavy atom. The molecule has 0 aliphatic heterocycles. The molecule has 0 fully saturated rings. The Morgan fingerprint density at radius 1 is 0.931 bits per heavy atom. The minimum absolute atomic E-state index is 0.0652. The van der Waals surface area contributed by atoms with Crippen LogP contribution >= 0.6 is 0 Å². The maximum Gasteiger partial charge on any atom is 0.228 e. The number of amides is 1. The predicted molar refractivity (Wildman–Crippen MR) is 117 cm³/mol. The quantitative estimate of drug-likeness (QED) is 0.531. The number of benzene rings is 3. The minimum atomic E-state index is -0.0652. The van der Waals surface area contributed by atoms with Crippen LogP contribution in [0, 0.1) is 6.92 Å². The molecule has 4 nitrogen and oxygen atoms in total. The molecular formula is C25H27NO3. The van der Waals surface area contributed by atoms with Gasteiger partial charge in [0, 0.05) is 5.69 Å². The standard InChI is InChI=1S/C25H27NO3/c1-17(2)23-14-5-18(3)15-24(23)29-22-12-8-20(9-13-22)26-25(27)16-19-6-10-21(28-4)11-7-19/h5-15,17H,16H2,1-4H3,(H,26,27). The fourth-order valence-corrected chi connectivity index (χ4v) is 3.07. The van der Waals surface area contributed by atoms with Gasteiger partial charge in [-0.3, -0.25) is 4.79 Å². The lowest BCUT2D eigenvalue weighted by molar-refractivity contribution is -0.115. The molecule has 0 saturated carbocycles. The first-order valence-electron chi connectivity index (χ1n) is 9.76. The first kappa shape index (κ1) is 20.5. The molecule has 3 aromatic rings. The summed E-state index contributed by atoms with van der Waals surface area (Å²) in [5.74, 6) is 2.70. The Bertz CT molecular complexity index is 960. The lowest BCUT2D eigenvalue weighted by Crippen LogP contribution is -2.14. The lowest BCUT2D eigenvalue weighted by atomic mass is 10.0. The van der Waals surface area contributed by atoms with Gasteiger partial charge in [0.1, 0.15) is 17.2 Å². The van der Waals surface area contributed by atoms with Crippen LogP contribution in [0.1, 0.15) is 36.5 Å². The minimum Gasteiger partial charge on any atom is -0.497 e. The largest absolute Gasteiger partial charge is 0.497 e. The molecule has 0 heterocycles. The van der Waals surface area contributed by atoms with Crippen LogP contribution in [0.3, 0.4) is 0 Å². The van der Waals surface area contributed by atoms with E-state index < -0.39 is 0 Å². The molecule has 0 spiro atoms. The van der Waals surface area contributed by atoms with Gasteiger partial charge >= 0.3 is 0 Å². The molecule has 0 aliphatic rings. The van der Waals surface area contributed by atoms with Gasteiger partial charge in [0.2, 0.25) is 5.91 Å². The first-order chi connectivity index (χ1) is 13.9. The SMILES string of the molecule is COc1ccc(CC(=O)Nc2ccc(Oc3cc(C)ccc3C(C)C)cc2)cc1. The van der Waals surface area contributed by atoms with Crippen molar-refractivity contribution in [2.45, 2.75) is 33.1 Å². The summed E-state index contributed by atoms with van der Waals surface area (Å²) in [7, 11) is 1.62. The number of methoxy groups -OCH3 is 1. The van der Waals surface area contributed by atoms with Crippen molar-refractivity contribution in [1.29, 1.82) is 0 Å². The van der Waals surface area contributed by atoms with Crippen molar-refractivity contribution in [3.05, 3.63) is 83.4 Å². The molecule has 0 atom stereocenters. The molecule has 0 unspecified atom stereocenters. The topological polar surface area (TPSA) is 47.6 Å². The Balaban J connectivity index is 1.63. The average molecular weight is 389 g/mol. The van der Waals surface area contributed by atoms with Crippen LogP contribution in [0.4, 0.5) is 5.69 Å². The molecular weight excluding hydrogens is 362 g/mol. The Hall–Kier alpha value is -3.27. The average Bonchev–Trinajstić information content (AvgIpc) is 2.70. The summed E-state index contributed by atoms with van der Waals surface area (Å²) in [5, 5.41) is 2.92. The van der Waals surface area contributed by atoms with Crippen molar-refractivity contribution in [3.63, 3.8) is 0 Å². The Morgan fingerprint density at radius 2 is 1.59 bits per heavy atom. The van der Waals surface area contributed by atoms with Crippen LogP contribution in [0.15, 0.2) is 66.7 Å². The second-order valence-corrected chi connectivity index (χ2v) is 7.40. The summed E-state index contributed by atoms with van der Waals surface area (Å²) in [5.41, 5.74) is 4.01. The van der Waals surface area contributed by atoms with E-state index in [2.05, 4.69) is 44.3 Å². The number of hydrogen-bond acceptors (Lipinski definition) is 3. The predicted octanol–water partition coefficient (Wildman–Crippen LogP) is 6.10. The van der Waals surface area contributed by atoms with Crippen LogP contribution < -0.4 is 14.8 Å². The lowest BCUT2D eigenvalue weighted by Gasteiger charge is -2.15. The van der Waals surface area contributed by atoms with Gasteiger partial charge in [-0.25, -0.2) is 0 Å². The molecule has 4 heteroatoms. The molecule has 3 rings (SSSR count). The number of carbonyl (C=O) groups is 1. The van der Waals surface area contributed by atoms with E-state index in [1.807, 2.05) is 48.5 Å². The van der Waals surface area contributed by atoms with Crippen LogP contribution in [0.2, 0.25) is 0 Å². The molecule has 1 N–H and O–H groups in total. The normalized spacial score (nSPS) is 10.7. The van der Waals surface area contributed by atoms with Gasteiger partial charge in [-0.15, -0.1) is 0 Å². The highest BCUT2D eigenvalue weighted by molar-refractivity contribution is 5.92. The monoisotopic (exact) mass is 389 g/mol. The highest BCUT2D eigenvalue weighted by Gasteiger charge is 2.10. The second kappa shape index (κ2) is 9.28. The number of rotatable bonds is 7. The van der Waals surface area contributed by atoms with Gasteiger partial charge in [-0.05, 0) is 72.0 Å². The van der Waals surface area contributed by atoms with E-state index in [0.29, 0.717) is 12.3 Å². The molecule has 150 valence electrons. The van der Waals surface area contributed by atoms with Crippen LogP contribution in [0.25, 0.3) is 0 Å². The van der Waals surface area contributed by atoms with E-state index in [-0.39, 0.29) is 5.91 Å². The maximum absolute atomic E-state index is 12.3. The van der Waals surface area contributed by atoms with E-state index >= 15 is 0 Å². The number of aryl methyl sites for hydroxylation is 1. The van der Waals surface area contributed by atoms with Gasteiger partial charge in [-0.1, -0.05) is 38.1 Å². The third-order valence-corrected chi connectivity index (χ3v) is 4.68. The first-order valence-corrected chi connectivity index (χ1v) is 9.76. The number of ether oxygens (including phenoxy) is 2. The smallest absolute Gasteiger partial charge is 0.228 e. The van der Waals surface area contributed by atoms with Crippen LogP contribution in [-0.4, -0.2) is 13.0 Å². The molecule has 0 aromatic heterocycles. The van der Waals surface area contributed by atoms with Crippen molar-refractivity contribution in [1.82, 2.24) is 0 Å². The molecule has 3 aromatic carbocycles. The van der Waals surface area contributed by atoms with Crippen LogP contribution in [0.5, 0.6) is 17.2 Å². The van der Waals surface area contributed by atoms with Crippen molar-refractivity contribution >= 4 is 11.6 Å². The van der Waals surface area contributed by atoms with E-state index in [1.165, 1.54) is 5.56 Å². The fourth-order valence-electron chi connectivity index (χ4n) is 3.07. The number of hydrogen-bond donors (Lipinski definition) is 1. The van der Waals surface area contributed by atoms with Crippen molar-refractivity contribution in [2.24, 2.45) is 0 Å². The van der Waals surface area contributed by atoms with Gasteiger partial charge in [-0.2, -0.15) is 0 Å². The summed E-state index contributed by atoms with van der Waals surface area (Å²) < 4.78 is 11.2. The fraction of sp³-hybridized carbons (Fsp3) is 0.240. The molecule has 0 aliphatic carbocycles. The summed E-state index contributed by atoms with van der Waals surface area (Å²) in [6.45, 7) is 6.36. The maximum atomic E-state index is 12.3. The zero-order chi connectivity index (χ0) is 20.8. The third kappa shape index (κ3) is 5.61. The van der Waals surface area contributed by atoms with E-state index in [4.69, 9.17) is 9.47 Å². The van der Waals surface area contributed by atoms with Gasteiger partial charge < -0.3 is 14.8 Å². The highest BCUT2D eigenvalue weighted by Crippen LogP contribution is 2.32. The number of nitrogens with one attached hydrogen (secondary N) is 1. The van der Waals surface area contributed by atoms with E-state index in [0.717, 1.165) is 34.1 Å². The van der Waals surface area contributed by atoms with Gasteiger partial charge in [0.25, 0.3) is 0 Å². The number of carbonyl (C=O) groups excluding carboxylic acids is 1. The Kier molecular flexibility index (Phi) is 6.55. The van der Waals surface area contributed by atoms with Gasteiger partial charge in [0.05, 0.1) is 13.5 Å².